The smallest absolute Gasteiger partial charge is 0.232 e. The molecule has 2 heterocycles. The first-order valence-electron chi connectivity index (χ1n) is 7.69. The summed E-state index contributed by atoms with van der Waals surface area (Å²) >= 11 is 1.87. The van der Waals surface area contributed by atoms with E-state index in [2.05, 4.69) is 31.0 Å². The number of nitrogens with one attached hydrogen (secondary N) is 1. The number of piperidine rings is 2. The molecule has 0 saturated carbocycles. The molecule has 0 radical (unpaired) electrons. The standard InChI is InChI=1S/C15H28N2OS/c1-11-8-12(2)13(3)17(9-11)15(18)10-19-14-4-6-16-7-5-14/h11-14,16H,4-10H2,1-3H3. The van der Waals surface area contributed by atoms with Crippen molar-refractivity contribution in [2.24, 2.45) is 11.8 Å². The van der Waals surface area contributed by atoms with Crippen LogP contribution in [0.15, 0.2) is 0 Å². The second-order valence-electron chi connectivity index (χ2n) is 6.37. The highest BCUT2D eigenvalue weighted by molar-refractivity contribution is 8.00. The fourth-order valence-corrected chi connectivity index (χ4v) is 4.39. The van der Waals surface area contributed by atoms with E-state index in [1.165, 1.54) is 19.3 Å². The van der Waals surface area contributed by atoms with Crippen LogP contribution in [0.3, 0.4) is 0 Å². The Hall–Kier alpha value is -0.220. The van der Waals surface area contributed by atoms with Crippen LogP contribution in [-0.4, -0.2) is 47.5 Å². The molecule has 110 valence electrons. The molecule has 2 saturated heterocycles. The lowest BCUT2D eigenvalue weighted by atomic mass is 9.86. The number of amides is 1. The number of carbonyl (C=O) groups excluding carboxylic acids is 1. The fraction of sp³-hybridized carbons (Fsp3) is 0.933. The van der Waals surface area contributed by atoms with Crippen molar-refractivity contribution < 1.29 is 4.79 Å². The number of likely N-dealkylation sites (tertiary alicyclic amines) is 1. The van der Waals surface area contributed by atoms with Gasteiger partial charge in [0.25, 0.3) is 0 Å². The molecule has 19 heavy (non-hydrogen) atoms. The molecule has 1 N–H and O–H groups in total. The Balaban J connectivity index is 1.81. The van der Waals surface area contributed by atoms with Gasteiger partial charge in [-0.3, -0.25) is 4.79 Å². The average molecular weight is 284 g/mol. The highest BCUT2D eigenvalue weighted by Gasteiger charge is 2.31. The van der Waals surface area contributed by atoms with Crippen LogP contribution >= 0.6 is 11.8 Å². The van der Waals surface area contributed by atoms with Gasteiger partial charge in [0.15, 0.2) is 0 Å². The summed E-state index contributed by atoms with van der Waals surface area (Å²) in [6.45, 7) is 9.93. The Morgan fingerprint density at radius 3 is 2.63 bits per heavy atom. The molecule has 0 spiro atoms. The van der Waals surface area contributed by atoms with Crippen LogP contribution in [0.5, 0.6) is 0 Å². The maximum atomic E-state index is 12.4. The number of rotatable bonds is 3. The number of carbonyl (C=O) groups is 1. The molecule has 3 nitrogen and oxygen atoms in total. The van der Waals surface area contributed by atoms with Crippen molar-refractivity contribution >= 4 is 17.7 Å². The zero-order valence-electron chi connectivity index (χ0n) is 12.5. The molecule has 0 aromatic carbocycles. The second kappa shape index (κ2) is 6.98. The quantitative estimate of drug-likeness (QED) is 0.863. The Morgan fingerprint density at radius 1 is 1.26 bits per heavy atom. The number of hydrogen-bond donors (Lipinski definition) is 1. The molecular formula is C15H28N2OS. The summed E-state index contributed by atoms with van der Waals surface area (Å²) in [7, 11) is 0. The molecule has 2 aliphatic rings. The van der Waals surface area contributed by atoms with Gasteiger partial charge in [-0.05, 0) is 51.1 Å². The van der Waals surface area contributed by atoms with Gasteiger partial charge in [0, 0.05) is 17.8 Å². The molecule has 0 aromatic heterocycles. The average Bonchev–Trinajstić information content (AvgIpc) is 2.41. The largest absolute Gasteiger partial charge is 0.339 e. The Labute approximate surface area is 121 Å². The van der Waals surface area contributed by atoms with Gasteiger partial charge < -0.3 is 10.2 Å². The minimum atomic E-state index is 0.356. The summed E-state index contributed by atoms with van der Waals surface area (Å²) in [5, 5.41) is 4.06. The van der Waals surface area contributed by atoms with Gasteiger partial charge in [-0.2, -0.15) is 0 Å². The van der Waals surface area contributed by atoms with Gasteiger partial charge in [0.2, 0.25) is 5.91 Å². The van der Waals surface area contributed by atoms with E-state index in [-0.39, 0.29) is 0 Å². The van der Waals surface area contributed by atoms with Crippen LogP contribution in [0.25, 0.3) is 0 Å². The van der Waals surface area contributed by atoms with Gasteiger partial charge in [-0.25, -0.2) is 0 Å². The predicted molar refractivity (Wildman–Crippen MR) is 82.5 cm³/mol. The van der Waals surface area contributed by atoms with E-state index in [9.17, 15) is 4.79 Å². The van der Waals surface area contributed by atoms with Crippen LogP contribution in [0.4, 0.5) is 0 Å². The first-order valence-corrected chi connectivity index (χ1v) is 8.74. The van der Waals surface area contributed by atoms with Crippen molar-refractivity contribution in [2.45, 2.75) is 51.3 Å². The van der Waals surface area contributed by atoms with Crippen LogP contribution < -0.4 is 5.32 Å². The zero-order chi connectivity index (χ0) is 13.8. The van der Waals surface area contributed by atoms with Gasteiger partial charge in [0.1, 0.15) is 0 Å². The molecule has 3 unspecified atom stereocenters. The molecule has 0 aromatic rings. The van der Waals surface area contributed by atoms with Gasteiger partial charge >= 0.3 is 0 Å². The summed E-state index contributed by atoms with van der Waals surface area (Å²) in [4.78, 5) is 14.6. The van der Waals surface area contributed by atoms with Crippen LogP contribution in [-0.2, 0) is 4.79 Å². The van der Waals surface area contributed by atoms with E-state index in [1.54, 1.807) is 0 Å². The maximum absolute atomic E-state index is 12.4. The van der Waals surface area contributed by atoms with E-state index < -0.39 is 0 Å². The lowest BCUT2D eigenvalue weighted by molar-refractivity contribution is -0.134. The first kappa shape index (κ1) is 15.2. The lowest BCUT2D eigenvalue weighted by Gasteiger charge is -2.41. The molecule has 2 fully saturated rings. The van der Waals surface area contributed by atoms with Crippen molar-refractivity contribution in [3.05, 3.63) is 0 Å². The molecule has 1 amide bonds. The van der Waals surface area contributed by atoms with Crippen molar-refractivity contribution in [2.75, 3.05) is 25.4 Å². The minimum Gasteiger partial charge on any atom is -0.339 e. The maximum Gasteiger partial charge on any atom is 0.232 e. The van der Waals surface area contributed by atoms with Crippen molar-refractivity contribution in [1.82, 2.24) is 10.2 Å². The summed E-state index contributed by atoms with van der Waals surface area (Å²) in [6, 6.07) is 0.414. The molecular weight excluding hydrogens is 256 g/mol. The molecule has 4 heteroatoms. The third-order valence-corrected chi connectivity index (χ3v) is 6.00. The molecule has 2 rings (SSSR count). The molecule has 0 aliphatic carbocycles. The molecule has 3 atom stereocenters. The summed E-state index contributed by atoms with van der Waals surface area (Å²) in [5.41, 5.74) is 0. The minimum absolute atomic E-state index is 0.356. The van der Waals surface area contributed by atoms with Gasteiger partial charge in [-0.15, -0.1) is 11.8 Å². The first-order chi connectivity index (χ1) is 9.08. The van der Waals surface area contributed by atoms with E-state index in [1.807, 2.05) is 11.8 Å². The van der Waals surface area contributed by atoms with Crippen LogP contribution in [0.2, 0.25) is 0 Å². The summed E-state index contributed by atoms with van der Waals surface area (Å²) in [6.07, 6.45) is 3.67. The SMILES string of the molecule is CC1CC(C)C(C)N(C(=O)CSC2CCNCC2)C1. The number of thioether (sulfide) groups is 1. The van der Waals surface area contributed by atoms with E-state index in [0.29, 0.717) is 34.8 Å². The molecule has 0 bridgehead atoms. The highest BCUT2D eigenvalue weighted by Crippen LogP contribution is 2.28. The predicted octanol–water partition coefficient (Wildman–Crippen LogP) is 2.36. The van der Waals surface area contributed by atoms with Gasteiger partial charge in [0.05, 0.1) is 5.75 Å². The second-order valence-corrected chi connectivity index (χ2v) is 7.65. The Morgan fingerprint density at radius 2 is 1.95 bits per heavy atom. The van der Waals surface area contributed by atoms with Crippen molar-refractivity contribution in [3.63, 3.8) is 0 Å². The third-order valence-electron chi connectivity index (χ3n) is 4.65. The van der Waals surface area contributed by atoms with Crippen LogP contribution in [0.1, 0.15) is 40.0 Å². The fourth-order valence-electron chi connectivity index (χ4n) is 3.28. The normalized spacial score (nSPS) is 33.4. The third kappa shape index (κ3) is 4.12. The van der Waals surface area contributed by atoms with Gasteiger partial charge in [-0.1, -0.05) is 13.8 Å². The van der Waals surface area contributed by atoms with Crippen LogP contribution in [0, 0.1) is 11.8 Å². The van der Waals surface area contributed by atoms with Crippen molar-refractivity contribution in [3.8, 4) is 0 Å². The van der Waals surface area contributed by atoms with Crippen molar-refractivity contribution in [1.29, 1.82) is 0 Å². The zero-order valence-corrected chi connectivity index (χ0v) is 13.3. The highest BCUT2D eigenvalue weighted by atomic mass is 32.2. The monoisotopic (exact) mass is 284 g/mol. The van der Waals surface area contributed by atoms with E-state index >= 15 is 0 Å². The summed E-state index contributed by atoms with van der Waals surface area (Å²) < 4.78 is 0. The number of hydrogen-bond acceptors (Lipinski definition) is 3. The summed E-state index contributed by atoms with van der Waals surface area (Å²) in [5.74, 6) is 2.32. The molecule has 2 aliphatic heterocycles. The topological polar surface area (TPSA) is 32.3 Å². The van der Waals surface area contributed by atoms with E-state index in [0.717, 1.165) is 19.6 Å². The lowest BCUT2D eigenvalue weighted by Crippen LogP contribution is -2.49. The number of nitrogens with zero attached hydrogens (tertiary/aromatic N) is 1. The Bertz CT molecular complexity index is 305. The Kier molecular flexibility index (Phi) is 5.58. The van der Waals surface area contributed by atoms with E-state index in [4.69, 9.17) is 0 Å².